The minimum Gasteiger partial charge on any atom is -0.488 e. The smallest absolute Gasteiger partial charge is 0.234 e. The molecule has 2 atom stereocenters. The summed E-state index contributed by atoms with van der Waals surface area (Å²) in [7, 11) is 0. The molecule has 2 aliphatic heterocycles. The van der Waals surface area contributed by atoms with Gasteiger partial charge in [-0.25, -0.2) is 4.39 Å². The van der Waals surface area contributed by atoms with Crippen molar-refractivity contribution in [2.45, 2.75) is 18.6 Å². The Morgan fingerprint density at radius 1 is 1.29 bits per heavy atom. The van der Waals surface area contributed by atoms with Crippen molar-refractivity contribution in [2.24, 2.45) is 0 Å². The molecule has 1 N–H and O–H groups in total. The Bertz CT molecular complexity index is 551. The number of hydrogen-bond acceptors (Lipinski definition) is 5. The molecule has 0 saturated carbocycles. The topological polar surface area (TPSA) is 60.0 Å². The van der Waals surface area contributed by atoms with Crippen LogP contribution >= 0.6 is 0 Å². The number of hydrogen-bond donors (Lipinski definition) is 1. The van der Waals surface area contributed by atoms with Gasteiger partial charge in [-0.2, -0.15) is 0 Å². The number of halogens is 1. The molecule has 2 fully saturated rings. The van der Waals surface area contributed by atoms with Crippen molar-refractivity contribution in [1.29, 1.82) is 0 Å². The second-order valence-corrected chi connectivity index (χ2v) is 6.04. The van der Waals surface area contributed by atoms with Gasteiger partial charge in [-0.15, -0.1) is 0 Å². The maximum Gasteiger partial charge on any atom is 0.234 e. The fourth-order valence-electron chi connectivity index (χ4n) is 2.92. The molecule has 0 radical (unpaired) electrons. The number of carbonyl (C=O) groups excluding carboxylic acids is 1. The lowest BCUT2D eigenvalue weighted by molar-refractivity contribution is -0.126. The third-order valence-corrected chi connectivity index (χ3v) is 4.19. The highest BCUT2D eigenvalue weighted by atomic mass is 19.1. The monoisotopic (exact) mass is 338 g/mol. The van der Waals surface area contributed by atoms with Crippen LogP contribution < -0.4 is 10.1 Å². The summed E-state index contributed by atoms with van der Waals surface area (Å²) in [4.78, 5) is 14.3. The minimum atomic E-state index is -0.340. The summed E-state index contributed by atoms with van der Waals surface area (Å²) in [5.41, 5.74) is 0. The third-order valence-electron chi connectivity index (χ3n) is 4.19. The van der Waals surface area contributed by atoms with E-state index in [9.17, 15) is 9.18 Å². The highest BCUT2D eigenvalue weighted by molar-refractivity contribution is 5.78. The van der Waals surface area contributed by atoms with Crippen LogP contribution in [0.3, 0.4) is 0 Å². The van der Waals surface area contributed by atoms with Gasteiger partial charge < -0.3 is 19.5 Å². The number of benzene rings is 1. The van der Waals surface area contributed by atoms with E-state index in [0.717, 1.165) is 13.1 Å². The molecule has 0 aromatic heterocycles. The number of ether oxygens (including phenoxy) is 3. The fraction of sp³-hybridized carbons (Fsp3) is 0.588. The molecule has 1 aromatic carbocycles. The zero-order chi connectivity index (χ0) is 16.8. The number of rotatable bonds is 5. The number of nitrogens with one attached hydrogen (secondary N) is 1. The molecule has 1 aromatic rings. The Morgan fingerprint density at radius 2 is 2.12 bits per heavy atom. The van der Waals surface area contributed by atoms with Crippen LogP contribution in [0.15, 0.2) is 24.3 Å². The molecule has 0 bridgehead atoms. The predicted molar refractivity (Wildman–Crippen MR) is 85.4 cm³/mol. The van der Waals surface area contributed by atoms with Crippen molar-refractivity contribution in [1.82, 2.24) is 10.2 Å². The first-order valence-corrected chi connectivity index (χ1v) is 8.30. The summed E-state index contributed by atoms with van der Waals surface area (Å²) in [6, 6.07) is 5.80. The van der Waals surface area contributed by atoms with E-state index in [1.165, 1.54) is 12.1 Å². The van der Waals surface area contributed by atoms with E-state index in [4.69, 9.17) is 14.2 Å². The van der Waals surface area contributed by atoms with Crippen molar-refractivity contribution in [3.05, 3.63) is 30.1 Å². The maximum atomic E-state index is 13.3. The molecule has 1 amide bonds. The van der Waals surface area contributed by atoms with Crippen molar-refractivity contribution >= 4 is 5.91 Å². The Balaban J connectivity index is 1.54. The summed E-state index contributed by atoms with van der Waals surface area (Å²) in [5.74, 6) is 0.0713. The predicted octanol–water partition coefficient (Wildman–Crippen LogP) is 0.810. The molecule has 7 heteroatoms. The molecule has 0 spiro atoms. The Hall–Kier alpha value is -1.70. The average molecular weight is 338 g/mol. The van der Waals surface area contributed by atoms with Gasteiger partial charge in [-0.1, -0.05) is 6.07 Å². The van der Waals surface area contributed by atoms with Crippen LogP contribution in [0.1, 0.15) is 6.42 Å². The van der Waals surface area contributed by atoms with Crippen molar-refractivity contribution in [3.63, 3.8) is 0 Å². The van der Waals surface area contributed by atoms with E-state index < -0.39 is 0 Å². The van der Waals surface area contributed by atoms with E-state index in [1.807, 2.05) is 0 Å². The van der Waals surface area contributed by atoms with Crippen LogP contribution in [0, 0.1) is 5.82 Å². The molecule has 2 saturated heterocycles. The first-order chi connectivity index (χ1) is 11.7. The lowest BCUT2D eigenvalue weighted by Gasteiger charge is -2.33. The Morgan fingerprint density at radius 3 is 2.92 bits per heavy atom. The normalized spacial score (nSPS) is 25.2. The molecule has 2 aliphatic rings. The second-order valence-electron chi connectivity index (χ2n) is 6.04. The Labute approximate surface area is 140 Å². The zero-order valence-electron chi connectivity index (χ0n) is 13.6. The van der Waals surface area contributed by atoms with E-state index in [-0.39, 0.29) is 23.9 Å². The highest BCUT2D eigenvalue weighted by Crippen LogP contribution is 2.19. The molecule has 3 rings (SSSR count). The van der Waals surface area contributed by atoms with E-state index in [2.05, 4.69) is 10.2 Å². The lowest BCUT2D eigenvalue weighted by atomic mass is 10.1. The number of nitrogens with zero attached hydrogens (tertiary/aromatic N) is 1. The van der Waals surface area contributed by atoms with E-state index in [1.54, 1.807) is 12.1 Å². The number of carbonyl (C=O) groups is 1. The maximum absolute atomic E-state index is 13.3. The summed E-state index contributed by atoms with van der Waals surface area (Å²) in [6.45, 7) is 4.14. The standard InChI is InChI=1S/C17H23FN2O4/c18-13-2-1-3-14(10-13)24-16-4-7-23-12-15(16)19-17(21)11-20-5-8-22-9-6-20/h1-3,10,15-16H,4-9,11-12H2,(H,19,21). The molecule has 0 aliphatic carbocycles. The summed E-state index contributed by atoms with van der Waals surface area (Å²) in [5, 5.41) is 2.99. The van der Waals surface area contributed by atoms with Crippen LogP contribution in [-0.2, 0) is 14.3 Å². The van der Waals surface area contributed by atoms with Crippen LogP contribution in [0.25, 0.3) is 0 Å². The van der Waals surface area contributed by atoms with Gasteiger partial charge in [0.25, 0.3) is 0 Å². The molecular formula is C17H23FN2O4. The third kappa shape index (κ3) is 4.90. The molecule has 6 nitrogen and oxygen atoms in total. The Kier molecular flexibility index (Phi) is 6.01. The largest absolute Gasteiger partial charge is 0.488 e. The van der Waals surface area contributed by atoms with Gasteiger partial charge in [-0.3, -0.25) is 9.69 Å². The van der Waals surface area contributed by atoms with E-state index in [0.29, 0.717) is 45.1 Å². The second kappa shape index (κ2) is 8.41. The van der Waals surface area contributed by atoms with Crippen LogP contribution in [0.5, 0.6) is 5.75 Å². The fourth-order valence-corrected chi connectivity index (χ4v) is 2.92. The zero-order valence-corrected chi connectivity index (χ0v) is 13.6. The van der Waals surface area contributed by atoms with Gasteiger partial charge in [0.1, 0.15) is 17.7 Å². The molecule has 2 heterocycles. The number of morpholine rings is 1. The van der Waals surface area contributed by atoms with E-state index >= 15 is 0 Å². The van der Waals surface area contributed by atoms with Crippen LogP contribution in [0.2, 0.25) is 0 Å². The van der Waals surface area contributed by atoms with Gasteiger partial charge in [0.2, 0.25) is 5.91 Å². The first-order valence-electron chi connectivity index (χ1n) is 8.30. The summed E-state index contributed by atoms with van der Waals surface area (Å²) >= 11 is 0. The quantitative estimate of drug-likeness (QED) is 0.861. The number of amides is 1. The summed E-state index contributed by atoms with van der Waals surface area (Å²) < 4.78 is 29.9. The molecular weight excluding hydrogens is 315 g/mol. The molecule has 132 valence electrons. The van der Waals surface area contributed by atoms with Crippen molar-refractivity contribution in [2.75, 3.05) is 46.1 Å². The van der Waals surface area contributed by atoms with Crippen molar-refractivity contribution < 1.29 is 23.4 Å². The SMILES string of the molecule is O=C(CN1CCOCC1)NC1COCCC1Oc1cccc(F)c1. The average Bonchev–Trinajstić information content (AvgIpc) is 2.57. The van der Waals surface area contributed by atoms with Crippen molar-refractivity contribution in [3.8, 4) is 5.75 Å². The van der Waals surface area contributed by atoms with Gasteiger partial charge in [0, 0.05) is 25.6 Å². The van der Waals surface area contributed by atoms with Crippen LogP contribution in [0.4, 0.5) is 4.39 Å². The van der Waals surface area contributed by atoms with Gasteiger partial charge in [0.15, 0.2) is 0 Å². The van der Waals surface area contributed by atoms with Gasteiger partial charge in [-0.05, 0) is 12.1 Å². The highest BCUT2D eigenvalue weighted by Gasteiger charge is 2.29. The molecule has 2 unspecified atom stereocenters. The summed E-state index contributed by atoms with van der Waals surface area (Å²) in [6.07, 6.45) is 0.424. The first kappa shape index (κ1) is 17.1. The lowest BCUT2D eigenvalue weighted by Crippen LogP contribution is -2.54. The minimum absolute atomic E-state index is 0.0553. The van der Waals surface area contributed by atoms with Crippen LogP contribution in [-0.4, -0.2) is 69.0 Å². The molecule has 24 heavy (non-hydrogen) atoms. The van der Waals surface area contributed by atoms with Gasteiger partial charge >= 0.3 is 0 Å². The van der Waals surface area contributed by atoms with Gasteiger partial charge in [0.05, 0.1) is 39.0 Å².